The molecule has 2 N–H and O–H groups in total. The Morgan fingerprint density at radius 3 is 2.62 bits per heavy atom. The molecular formula is C15H12ClFN4. The first-order chi connectivity index (χ1) is 10.2. The van der Waals surface area contributed by atoms with E-state index in [0.29, 0.717) is 11.3 Å². The third-order valence-corrected chi connectivity index (χ3v) is 3.50. The second kappa shape index (κ2) is 5.63. The first kappa shape index (κ1) is 13.7. The van der Waals surface area contributed by atoms with Crippen LogP contribution in [0.15, 0.2) is 54.7 Å². The van der Waals surface area contributed by atoms with Gasteiger partial charge in [-0.05, 0) is 29.8 Å². The van der Waals surface area contributed by atoms with E-state index in [4.69, 9.17) is 17.3 Å². The second-order valence-electron chi connectivity index (χ2n) is 4.56. The number of hydrogen-bond acceptors (Lipinski definition) is 3. The predicted molar refractivity (Wildman–Crippen MR) is 78.8 cm³/mol. The summed E-state index contributed by atoms with van der Waals surface area (Å²) in [5.41, 5.74) is 8.33. The van der Waals surface area contributed by atoms with Crippen LogP contribution in [0, 0.1) is 5.82 Å². The molecule has 6 heteroatoms. The Kier molecular flexibility index (Phi) is 3.68. The Labute approximate surface area is 126 Å². The minimum atomic E-state index is -0.549. The van der Waals surface area contributed by atoms with Gasteiger partial charge in [0.05, 0.1) is 28.6 Å². The molecule has 1 unspecified atom stereocenters. The highest BCUT2D eigenvalue weighted by molar-refractivity contribution is 6.30. The number of hydrogen-bond donors (Lipinski definition) is 1. The molecule has 0 radical (unpaired) electrons. The highest BCUT2D eigenvalue weighted by Crippen LogP contribution is 2.24. The van der Waals surface area contributed by atoms with Crippen LogP contribution in [0.3, 0.4) is 0 Å². The highest BCUT2D eigenvalue weighted by atomic mass is 35.5. The van der Waals surface area contributed by atoms with Crippen molar-refractivity contribution in [3.8, 4) is 5.69 Å². The van der Waals surface area contributed by atoms with E-state index in [1.165, 1.54) is 12.1 Å². The molecule has 0 spiro atoms. The monoisotopic (exact) mass is 302 g/mol. The SMILES string of the molecule is NC(c1ccc(Cl)c(F)c1)c1cnnn1-c1ccccc1. The number of halogens is 2. The van der Waals surface area contributed by atoms with Gasteiger partial charge in [0, 0.05) is 0 Å². The van der Waals surface area contributed by atoms with E-state index in [1.807, 2.05) is 30.3 Å². The maximum absolute atomic E-state index is 13.6. The average Bonchev–Trinajstić information content (AvgIpc) is 2.99. The van der Waals surface area contributed by atoms with Crippen molar-refractivity contribution in [2.24, 2.45) is 5.73 Å². The highest BCUT2D eigenvalue weighted by Gasteiger charge is 2.17. The zero-order valence-electron chi connectivity index (χ0n) is 10.9. The van der Waals surface area contributed by atoms with Crippen LogP contribution in [-0.2, 0) is 0 Å². The number of rotatable bonds is 3. The van der Waals surface area contributed by atoms with Crippen LogP contribution in [0.1, 0.15) is 17.3 Å². The third kappa shape index (κ3) is 2.66. The quantitative estimate of drug-likeness (QED) is 0.809. The predicted octanol–water partition coefficient (Wildman–Crippen LogP) is 3.11. The van der Waals surface area contributed by atoms with Gasteiger partial charge in [-0.25, -0.2) is 9.07 Å². The van der Waals surface area contributed by atoms with Crippen LogP contribution in [0.25, 0.3) is 5.69 Å². The van der Waals surface area contributed by atoms with Gasteiger partial charge in [-0.2, -0.15) is 0 Å². The molecular weight excluding hydrogens is 291 g/mol. The summed E-state index contributed by atoms with van der Waals surface area (Å²) in [6.07, 6.45) is 1.57. The summed E-state index contributed by atoms with van der Waals surface area (Å²) in [5.74, 6) is -0.497. The van der Waals surface area contributed by atoms with Gasteiger partial charge in [0.1, 0.15) is 5.82 Å². The number of aromatic nitrogens is 3. The van der Waals surface area contributed by atoms with Crippen molar-refractivity contribution in [3.05, 3.63) is 76.8 Å². The molecule has 3 rings (SSSR count). The van der Waals surface area contributed by atoms with Gasteiger partial charge in [-0.15, -0.1) is 5.10 Å². The Balaban J connectivity index is 2.01. The molecule has 0 amide bonds. The van der Waals surface area contributed by atoms with Crippen molar-refractivity contribution in [1.82, 2.24) is 15.0 Å². The minimum absolute atomic E-state index is 0.0700. The van der Waals surface area contributed by atoms with E-state index in [9.17, 15) is 4.39 Å². The summed E-state index contributed by atoms with van der Waals surface area (Å²) in [6, 6.07) is 13.5. The molecule has 0 saturated heterocycles. The van der Waals surface area contributed by atoms with Crippen LogP contribution in [0.5, 0.6) is 0 Å². The Morgan fingerprint density at radius 1 is 1.14 bits per heavy atom. The lowest BCUT2D eigenvalue weighted by Crippen LogP contribution is -2.17. The number of benzene rings is 2. The van der Waals surface area contributed by atoms with Gasteiger partial charge < -0.3 is 5.73 Å². The molecule has 0 aliphatic rings. The molecule has 0 aliphatic carbocycles. The van der Waals surface area contributed by atoms with Crippen LogP contribution < -0.4 is 5.73 Å². The molecule has 2 aromatic carbocycles. The molecule has 21 heavy (non-hydrogen) atoms. The molecule has 0 fully saturated rings. The Morgan fingerprint density at radius 2 is 1.90 bits per heavy atom. The Hall–Kier alpha value is -2.24. The first-order valence-electron chi connectivity index (χ1n) is 6.33. The zero-order chi connectivity index (χ0) is 14.8. The summed E-state index contributed by atoms with van der Waals surface area (Å²) in [4.78, 5) is 0. The average molecular weight is 303 g/mol. The number of para-hydroxylation sites is 1. The van der Waals surface area contributed by atoms with Gasteiger partial charge >= 0.3 is 0 Å². The largest absolute Gasteiger partial charge is 0.319 e. The van der Waals surface area contributed by atoms with E-state index in [0.717, 1.165) is 5.69 Å². The van der Waals surface area contributed by atoms with Crippen LogP contribution in [0.2, 0.25) is 5.02 Å². The lowest BCUT2D eigenvalue weighted by molar-refractivity contribution is 0.622. The maximum atomic E-state index is 13.6. The van der Waals surface area contributed by atoms with E-state index in [1.54, 1.807) is 16.9 Å². The summed E-state index contributed by atoms with van der Waals surface area (Å²) >= 11 is 5.69. The van der Waals surface area contributed by atoms with Gasteiger partial charge in [-0.3, -0.25) is 0 Å². The van der Waals surface area contributed by atoms with Gasteiger partial charge in [-0.1, -0.05) is 41.1 Å². The van der Waals surface area contributed by atoms with E-state index < -0.39 is 11.9 Å². The summed E-state index contributed by atoms with van der Waals surface area (Å²) in [5, 5.41) is 8.01. The molecule has 3 aromatic rings. The Bertz CT molecular complexity index is 757. The molecule has 0 bridgehead atoms. The summed E-state index contributed by atoms with van der Waals surface area (Å²) < 4.78 is 15.2. The minimum Gasteiger partial charge on any atom is -0.319 e. The smallest absolute Gasteiger partial charge is 0.142 e. The number of nitrogens with two attached hydrogens (primary N) is 1. The summed E-state index contributed by atoms with van der Waals surface area (Å²) in [6.45, 7) is 0. The molecule has 0 aliphatic heterocycles. The van der Waals surface area contributed by atoms with Crippen molar-refractivity contribution >= 4 is 11.6 Å². The van der Waals surface area contributed by atoms with Crippen molar-refractivity contribution in [2.75, 3.05) is 0 Å². The van der Waals surface area contributed by atoms with Crippen molar-refractivity contribution in [1.29, 1.82) is 0 Å². The second-order valence-corrected chi connectivity index (χ2v) is 4.96. The van der Waals surface area contributed by atoms with Crippen molar-refractivity contribution < 1.29 is 4.39 Å². The van der Waals surface area contributed by atoms with Crippen LogP contribution in [0.4, 0.5) is 4.39 Å². The van der Waals surface area contributed by atoms with E-state index in [2.05, 4.69) is 10.3 Å². The van der Waals surface area contributed by atoms with Crippen molar-refractivity contribution in [2.45, 2.75) is 6.04 Å². The van der Waals surface area contributed by atoms with E-state index >= 15 is 0 Å². The van der Waals surface area contributed by atoms with Crippen molar-refractivity contribution in [3.63, 3.8) is 0 Å². The normalized spacial score (nSPS) is 12.3. The fourth-order valence-electron chi connectivity index (χ4n) is 2.10. The zero-order valence-corrected chi connectivity index (χ0v) is 11.7. The fraction of sp³-hybridized carbons (Fsp3) is 0.0667. The molecule has 106 valence electrons. The fourth-order valence-corrected chi connectivity index (χ4v) is 2.22. The third-order valence-electron chi connectivity index (χ3n) is 3.20. The van der Waals surface area contributed by atoms with E-state index in [-0.39, 0.29) is 5.02 Å². The molecule has 4 nitrogen and oxygen atoms in total. The van der Waals surface area contributed by atoms with Gasteiger partial charge in [0.15, 0.2) is 0 Å². The summed E-state index contributed by atoms with van der Waals surface area (Å²) in [7, 11) is 0. The molecule has 1 atom stereocenters. The topological polar surface area (TPSA) is 56.7 Å². The maximum Gasteiger partial charge on any atom is 0.142 e. The first-order valence-corrected chi connectivity index (χ1v) is 6.71. The van der Waals surface area contributed by atoms with Crippen LogP contribution >= 0.6 is 11.6 Å². The number of nitrogens with zero attached hydrogens (tertiary/aromatic N) is 3. The molecule has 1 aromatic heterocycles. The lowest BCUT2D eigenvalue weighted by Gasteiger charge is -2.14. The van der Waals surface area contributed by atoms with Crippen LogP contribution in [-0.4, -0.2) is 15.0 Å². The standard InChI is InChI=1S/C15H12ClFN4/c16-12-7-6-10(8-13(12)17)15(18)14-9-19-20-21(14)11-4-2-1-3-5-11/h1-9,15H,18H2. The van der Waals surface area contributed by atoms with Gasteiger partial charge in [0.2, 0.25) is 0 Å². The van der Waals surface area contributed by atoms with Gasteiger partial charge in [0.25, 0.3) is 0 Å². The molecule has 0 saturated carbocycles. The molecule has 1 heterocycles. The lowest BCUT2D eigenvalue weighted by atomic mass is 10.0.